The number of hydrogen-bond acceptors (Lipinski definition) is 9. The van der Waals surface area contributed by atoms with Crippen LogP contribution in [0.15, 0.2) is 23.6 Å². The fourth-order valence-corrected chi connectivity index (χ4v) is 3.73. The first-order chi connectivity index (χ1) is 14.5. The van der Waals surface area contributed by atoms with E-state index in [1.54, 1.807) is 29.1 Å². The van der Waals surface area contributed by atoms with E-state index in [0.29, 0.717) is 36.6 Å². The number of nitrogens with zero attached hydrogens (tertiary/aromatic N) is 7. The summed E-state index contributed by atoms with van der Waals surface area (Å²) in [5.74, 6) is 1.43. The number of anilines is 2. The third kappa shape index (κ3) is 4.41. The number of aryl methyl sites for hydroxylation is 1. The van der Waals surface area contributed by atoms with Crippen LogP contribution in [0.2, 0.25) is 0 Å². The molecule has 158 valence electrons. The first kappa shape index (κ1) is 20.2. The maximum atomic E-state index is 12.8. The molecule has 0 aliphatic carbocycles. The summed E-state index contributed by atoms with van der Waals surface area (Å²) < 4.78 is 6.99. The molecule has 1 fully saturated rings. The molecule has 0 aromatic carbocycles. The molecule has 30 heavy (non-hydrogen) atoms. The Kier molecular flexibility index (Phi) is 5.91. The Morgan fingerprint density at radius 3 is 2.77 bits per heavy atom. The summed E-state index contributed by atoms with van der Waals surface area (Å²) in [5, 5.41) is 9.33. The highest BCUT2D eigenvalue weighted by molar-refractivity contribution is 7.13. The van der Waals surface area contributed by atoms with E-state index < -0.39 is 0 Å². The molecule has 0 unspecified atom stereocenters. The smallest absolute Gasteiger partial charge is 0.269 e. The number of carbonyl (C=O) groups excluding carboxylic acids is 1. The van der Waals surface area contributed by atoms with Gasteiger partial charge in [0.1, 0.15) is 11.4 Å². The Balaban J connectivity index is 1.50. The number of thiophene rings is 1. The molecular weight excluding hydrogens is 404 g/mol. The van der Waals surface area contributed by atoms with E-state index >= 15 is 0 Å². The Morgan fingerprint density at radius 1 is 1.27 bits per heavy atom. The number of morpholine rings is 1. The summed E-state index contributed by atoms with van der Waals surface area (Å²) >= 11 is 1.59. The molecule has 4 rings (SSSR count). The summed E-state index contributed by atoms with van der Waals surface area (Å²) in [5.41, 5.74) is 1.26. The van der Waals surface area contributed by atoms with Gasteiger partial charge in [-0.3, -0.25) is 9.48 Å². The molecule has 3 aromatic heterocycles. The van der Waals surface area contributed by atoms with Crippen LogP contribution in [0.3, 0.4) is 0 Å². The van der Waals surface area contributed by atoms with Crippen molar-refractivity contribution in [1.82, 2.24) is 30.0 Å². The van der Waals surface area contributed by atoms with Crippen molar-refractivity contribution in [3.05, 3.63) is 35.1 Å². The van der Waals surface area contributed by atoms with Crippen LogP contribution < -0.4 is 15.1 Å². The number of nitrogens with one attached hydrogen (secondary N) is 1. The van der Waals surface area contributed by atoms with E-state index in [1.165, 1.54) is 0 Å². The summed E-state index contributed by atoms with van der Waals surface area (Å²) in [4.78, 5) is 31.2. The van der Waals surface area contributed by atoms with Gasteiger partial charge in [-0.1, -0.05) is 6.07 Å². The Bertz CT molecular complexity index is 1010. The van der Waals surface area contributed by atoms with Crippen molar-refractivity contribution in [3.8, 4) is 10.6 Å². The van der Waals surface area contributed by atoms with Crippen LogP contribution in [0.5, 0.6) is 0 Å². The minimum absolute atomic E-state index is 0.194. The number of aromatic nitrogens is 5. The van der Waals surface area contributed by atoms with Crippen molar-refractivity contribution in [2.24, 2.45) is 7.05 Å². The highest BCUT2D eigenvalue weighted by Crippen LogP contribution is 2.23. The van der Waals surface area contributed by atoms with Crippen LogP contribution in [0.4, 0.5) is 11.9 Å². The summed E-state index contributed by atoms with van der Waals surface area (Å²) in [6, 6.07) is 5.73. The molecule has 1 aliphatic rings. The molecule has 0 saturated carbocycles. The van der Waals surface area contributed by atoms with Crippen LogP contribution in [-0.4, -0.2) is 71.0 Å². The summed E-state index contributed by atoms with van der Waals surface area (Å²) in [7, 11) is 5.51. The maximum absolute atomic E-state index is 12.8. The van der Waals surface area contributed by atoms with E-state index in [9.17, 15) is 4.79 Å². The highest BCUT2D eigenvalue weighted by atomic mass is 32.1. The molecular formula is C19H24N8O2S. The standard InChI is InChI=1S/C19H24N8O2S/c1-25(2)18-21-16(22-19(23-18)27-6-8-29-9-7-27)12-20-17(28)14-11-13(24-26(14)3)15-5-4-10-30-15/h4-5,10-11H,6-9,12H2,1-3H3,(H,20,28). The minimum atomic E-state index is -0.229. The minimum Gasteiger partial charge on any atom is -0.378 e. The SMILES string of the molecule is CN(C)c1nc(CNC(=O)c2cc(-c3cccs3)nn2C)nc(N2CCOCC2)n1. The zero-order valence-electron chi connectivity index (χ0n) is 17.2. The van der Waals surface area contributed by atoms with Gasteiger partial charge in [0.25, 0.3) is 5.91 Å². The Labute approximate surface area is 178 Å². The van der Waals surface area contributed by atoms with Crippen LogP contribution >= 0.6 is 11.3 Å². The average molecular weight is 429 g/mol. The first-order valence-corrected chi connectivity index (χ1v) is 10.5. The van der Waals surface area contributed by atoms with Gasteiger partial charge < -0.3 is 19.9 Å². The van der Waals surface area contributed by atoms with Crippen molar-refractivity contribution >= 4 is 29.1 Å². The van der Waals surface area contributed by atoms with Crippen LogP contribution in [0.1, 0.15) is 16.3 Å². The molecule has 1 aliphatic heterocycles. The van der Waals surface area contributed by atoms with E-state index in [-0.39, 0.29) is 12.5 Å². The lowest BCUT2D eigenvalue weighted by Gasteiger charge is -2.27. The second-order valence-electron chi connectivity index (χ2n) is 7.04. The summed E-state index contributed by atoms with van der Waals surface area (Å²) in [6.07, 6.45) is 0. The summed E-state index contributed by atoms with van der Waals surface area (Å²) in [6.45, 7) is 2.93. The van der Waals surface area contributed by atoms with E-state index in [2.05, 4.69) is 30.3 Å². The quantitative estimate of drug-likeness (QED) is 0.624. The fraction of sp³-hybridized carbons (Fsp3) is 0.421. The van der Waals surface area contributed by atoms with Crippen LogP contribution in [0.25, 0.3) is 10.6 Å². The van der Waals surface area contributed by atoms with Gasteiger partial charge in [0.05, 0.1) is 24.6 Å². The van der Waals surface area contributed by atoms with E-state index in [1.807, 2.05) is 36.5 Å². The lowest BCUT2D eigenvalue weighted by Crippen LogP contribution is -2.38. The molecule has 0 atom stereocenters. The zero-order chi connectivity index (χ0) is 21.1. The number of hydrogen-bond donors (Lipinski definition) is 1. The van der Waals surface area contributed by atoms with Crippen molar-refractivity contribution in [3.63, 3.8) is 0 Å². The van der Waals surface area contributed by atoms with Gasteiger partial charge in [-0.15, -0.1) is 11.3 Å². The van der Waals surface area contributed by atoms with Gasteiger partial charge in [0, 0.05) is 34.2 Å². The molecule has 0 bridgehead atoms. The molecule has 0 radical (unpaired) electrons. The van der Waals surface area contributed by atoms with Gasteiger partial charge in [-0.2, -0.15) is 20.1 Å². The number of carbonyl (C=O) groups is 1. The third-order valence-corrected chi connectivity index (χ3v) is 5.54. The highest BCUT2D eigenvalue weighted by Gasteiger charge is 2.19. The monoisotopic (exact) mass is 428 g/mol. The Morgan fingerprint density at radius 2 is 2.07 bits per heavy atom. The third-order valence-electron chi connectivity index (χ3n) is 4.65. The van der Waals surface area contributed by atoms with Crippen LogP contribution in [-0.2, 0) is 18.3 Å². The molecule has 1 saturated heterocycles. The topological polar surface area (TPSA) is 101 Å². The van der Waals surface area contributed by atoms with Crippen molar-refractivity contribution < 1.29 is 9.53 Å². The molecule has 11 heteroatoms. The maximum Gasteiger partial charge on any atom is 0.269 e. The lowest BCUT2D eigenvalue weighted by atomic mass is 10.3. The molecule has 1 N–H and O–H groups in total. The predicted octanol–water partition coefficient (Wildman–Crippen LogP) is 1.17. The van der Waals surface area contributed by atoms with Gasteiger partial charge in [0.15, 0.2) is 5.82 Å². The molecule has 1 amide bonds. The molecule has 10 nitrogen and oxygen atoms in total. The molecule has 3 aromatic rings. The van der Waals surface area contributed by atoms with Crippen LogP contribution in [0, 0.1) is 0 Å². The lowest BCUT2D eigenvalue weighted by molar-refractivity contribution is 0.0940. The van der Waals surface area contributed by atoms with E-state index in [0.717, 1.165) is 23.7 Å². The van der Waals surface area contributed by atoms with Crippen molar-refractivity contribution in [1.29, 1.82) is 0 Å². The molecule has 4 heterocycles. The number of ether oxygens (including phenoxy) is 1. The molecule has 0 spiro atoms. The van der Waals surface area contributed by atoms with Crippen molar-refractivity contribution in [2.45, 2.75) is 6.54 Å². The van der Waals surface area contributed by atoms with Crippen molar-refractivity contribution in [2.75, 3.05) is 50.2 Å². The average Bonchev–Trinajstić information content (AvgIpc) is 3.42. The second-order valence-corrected chi connectivity index (χ2v) is 7.99. The van der Waals surface area contributed by atoms with Gasteiger partial charge in [-0.25, -0.2) is 0 Å². The largest absolute Gasteiger partial charge is 0.378 e. The van der Waals surface area contributed by atoms with Gasteiger partial charge in [0.2, 0.25) is 11.9 Å². The van der Waals surface area contributed by atoms with Gasteiger partial charge in [-0.05, 0) is 17.5 Å². The second kappa shape index (κ2) is 8.76. The van der Waals surface area contributed by atoms with Gasteiger partial charge >= 0.3 is 0 Å². The fourth-order valence-electron chi connectivity index (χ4n) is 3.05. The normalized spacial score (nSPS) is 14.0. The zero-order valence-corrected chi connectivity index (χ0v) is 18.0. The first-order valence-electron chi connectivity index (χ1n) is 9.62. The number of rotatable bonds is 6. The number of amides is 1. The Hall–Kier alpha value is -3.05. The van der Waals surface area contributed by atoms with E-state index in [4.69, 9.17) is 4.74 Å². The predicted molar refractivity (Wildman–Crippen MR) is 115 cm³/mol.